The summed E-state index contributed by atoms with van der Waals surface area (Å²) in [6, 6.07) is 25.3. The molecule has 214 valence electrons. The van der Waals surface area contributed by atoms with Crippen LogP contribution in [0.3, 0.4) is 0 Å². The number of hydrogen-bond acceptors (Lipinski definition) is 7. The highest BCUT2D eigenvalue weighted by atomic mass is 79.9. The number of esters is 1. The van der Waals surface area contributed by atoms with E-state index in [2.05, 4.69) is 22.0 Å². The van der Waals surface area contributed by atoms with Gasteiger partial charge in [-0.05, 0) is 61.0 Å². The zero-order valence-corrected chi connectivity index (χ0v) is 25.6. The van der Waals surface area contributed by atoms with Gasteiger partial charge in [-0.3, -0.25) is 0 Å². The van der Waals surface area contributed by atoms with E-state index in [4.69, 9.17) is 47.6 Å². The molecule has 0 bridgehead atoms. The molecule has 0 radical (unpaired) electrons. The normalized spacial score (nSPS) is 14.2. The van der Waals surface area contributed by atoms with E-state index in [-0.39, 0.29) is 29.6 Å². The van der Waals surface area contributed by atoms with Crippen molar-refractivity contribution < 1.29 is 23.4 Å². The first-order valence-electron chi connectivity index (χ1n) is 13.0. The highest BCUT2D eigenvalue weighted by Crippen LogP contribution is 2.44. The number of rotatable bonds is 6. The maximum atomic E-state index is 13.0. The summed E-state index contributed by atoms with van der Waals surface area (Å²) in [5.41, 5.74) is 9.99. The summed E-state index contributed by atoms with van der Waals surface area (Å²) < 4.78 is 24.0. The van der Waals surface area contributed by atoms with Gasteiger partial charge >= 0.3 is 5.97 Å². The standard InChI is InChI=1S/C33H21BrCl2N2O5/c1-17-24-10-5-20(34)12-28(24)42-31(17)33(39)41-23-9-11-25-29(14-23)43-32(38)26(15-37)30(25)18-3-7-22(8-4-18)40-16-19-2-6-21(35)13-27(19)36/h2-14,30H,16,38H2,1H3. The number of halogens is 3. The molecule has 1 atom stereocenters. The van der Waals surface area contributed by atoms with Crippen LogP contribution in [0, 0.1) is 18.3 Å². The summed E-state index contributed by atoms with van der Waals surface area (Å²) in [6.45, 7) is 2.06. The number of ether oxygens (including phenoxy) is 3. The van der Waals surface area contributed by atoms with Gasteiger partial charge in [0.1, 0.15) is 41.1 Å². The summed E-state index contributed by atoms with van der Waals surface area (Å²) in [5, 5.41) is 11.8. The fraction of sp³-hybridized carbons (Fsp3) is 0.0909. The third-order valence-electron chi connectivity index (χ3n) is 7.11. The monoisotopic (exact) mass is 674 g/mol. The van der Waals surface area contributed by atoms with Crippen LogP contribution >= 0.6 is 39.1 Å². The van der Waals surface area contributed by atoms with E-state index in [1.165, 1.54) is 0 Å². The SMILES string of the molecule is Cc1c(C(=O)Oc2ccc3c(c2)OC(N)=C(C#N)C3c2ccc(OCc3ccc(Cl)cc3Cl)cc2)oc2cc(Br)ccc12. The Morgan fingerprint density at radius 2 is 1.79 bits per heavy atom. The average molecular weight is 676 g/mol. The Kier molecular flexibility index (Phi) is 7.80. The molecule has 7 nitrogen and oxygen atoms in total. The van der Waals surface area contributed by atoms with Crippen molar-refractivity contribution in [3.8, 4) is 23.3 Å². The van der Waals surface area contributed by atoms with E-state index in [1.807, 2.05) is 42.5 Å². The van der Waals surface area contributed by atoms with Crippen molar-refractivity contribution in [1.82, 2.24) is 0 Å². The first-order valence-corrected chi connectivity index (χ1v) is 14.6. The van der Waals surface area contributed by atoms with E-state index < -0.39 is 11.9 Å². The van der Waals surface area contributed by atoms with Crippen molar-refractivity contribution in [2.45, 2.75) is 19.4 Å². The molecule has 0 saturated carbocycles. The quantitative estimate of drug-likeness (QED) is 0.142. The summed E-state index contributed by atoms with van der Waals surface area (Å²) in [6.07, 6.45) is 0. The van der Waals surface area contributed by atoms with Crippen LogP contribution in [0.4, 0.5) is 0 Å². The maximum absolute atomic E-state index is 13.0. The Balaban J connectivity index is 1.24. The van der Waals surface area contributed by atoms with Crippen LogP contribution < -0.4 is 19.9 Å². The van der Waals surface area contributed by atoms with Crippen LogP contribution in [0.25, 0.3) is 11.0 Å². The second kappa shape index (κ2) is 11.7. The number of carbonyl (C=O) groups is 1. The van der Waals surface area contributed by atoms with Crippen molar-refractivity contribution in [2.24, 2.45) is 5.73 Å². The van der Waals surface area contributed by atoms with Gasteiger partial charge in [-0.1, -0.05) is 63.4 Å². The second-order valence-electron chi connectivity index (χ2n) is 9.80. The number of nitriles is 1. The molecule has 1 aliphatic heterocycles. The molecular formula is C33H21BrCl2N2O5. The average Bonchev–Trinajstić information content (AvgIpc) is 3.31. The van der Waals surface area contributed by atoms with Crippen molar-refractivity contribution in [1.29, 1.82) is 5.26 Å². The van der Waals surface area contributed by atoms with E-state index in [9.17, 15) is 10.1 Å². The third-order valence-corrected chi connectivity index (χ3v) is 8.19. The van der Waals surface area contributed by atoms with Crippen LogP contribution in [0.1, 0.15) is 38.7 Å². The maximum Gasteiger partial charge on any atom is 0.379 e. The number of furan rings is 1. The number of fused-ring (bicyclic) bond motifs is 2. The van der Waals surface area contributed by atoms with Gasteiger partial charge in [-0.15, -0.1) is 0 Å². The van der Waals surface area contributed by atoms with Gasteiger partial charge in [0.2, 0.25) is 11.6 Å². The lowest BCUT2D eigenvalue weighted by Crippen LogP contribution is -2.21. The molecule has 0 amide bonds. The van der Waals surface area contributed by atoms with Crippen LogP contribution in [0.15, 0.2) is 99.2 Å². The molecule has 0 aliphatic carbocycles. The largest absolute Gasteiger partial charge is 0.489 e. The van der Waals surface area contributed by atoms with Gasteiger partial charge in [0.05, 0.1) is 5.92 Å². The third kappa shape index (κ3) is 5.67. The molecule has 4 aromatic carbocycles. The molecule has 6 rings (SSSR count). The minimum Gasteiger partial charge on any atom is -0.489 e. The van der Waals surface area contributed by atoms with Gasteiger partial charge in [0.15, 0.2) is 0 Å². The number of nitrogens with two attached hydrogens (primary N) is 1. The van der Waals surface area contributed by atoms with Crippen molar-refractivity contribution in [3.05, 3.63) is 133 Å². The Bertz CT molecular complexity index is 1980. The minimum atomic E-state index is -0.645. The highest BCUT2D eigenvalue weighted by molar-refractivity contribution is 9.10. The Hall–Kier alpha value is -4.42. The Morgan fingerprint density at radius 1 is 1.02 bits per heavy atom. The number of carbonyl (C=O) groups excluding carboxylic acids is 1. The van der Waals surface area contributed by atoms with Gasteiger partial charge in [0, 0.05) is 42.7 Å². The zero-order valence-electron chi connectivity index (χ0n) is 22.5. The molecule has 0 spiro atoms. The first-order chi connectivity index (χ1) is 20.7. The molecule has 0 saturated heterocycles. The molecule has 10 heteroatoms. The second-order valence-corrected chi connectivity index (χ2v) is 11.6. The number of nitrogens with zero attached hydrogens (tertiary/aromatic N) is 1. The number of allylic oxidation sites excluding steroid dienone is 1. The van der Waals surface area contributed by atoms with Crippen LogP contribution in [-0.4, -0.2) is 5.97 Å². The predicted octanol–water partition coefficient (Wildman–Crippen LogP) is 8.83. The molecule has 1 aromatic heterocycles. The molecule has 43 heavy (non-hydrogen) atoms. The van der Waals surface area contributed by atoms with Crippen LogP contribution in [-0.2, 0) is 6.61 Å². The van der Waals surface area contributed by atoms with Gasteiger partial charge in [-0.2, -0.15) is 5.26 Å². The van der Waals surface area contributed by atoms with Crippen molar-refractivity contribution in [2.75, 3.05) is 0 Å². The van der Waals surface area contributed by atoms with E-state index in [0.29, 0.717) is 38.3 Å². The number of benzene rings is 4. The van der Waals surface area contributed by atoms with Gasteiger partial charge in [-0.25, -0.2) is 4.79 Å². The molecule has 5 aromatic rings. The highest BCUT2D eigenvalue weighted by Gasteiger charge is 2.31. The van der Waals surface area contributed by atoms with Crippen LogP contribution in [0.5, 0.6) is 17.2 Å². The van der Waals surface area contributed by atoms with Crippen molar-refractivity contribution >= 4 is 56.1 Å². The zero-order chi connectivity index (χ0) is 30.2. The van der Waals surface area contributed by atoms with Gasteiger partial charge in [0.25, 0.3) is 0 Å². The van der Waals surface area contributed by atoms with E-state index in [1.54, 1.807) is 43.3 Å². The summed E-state index contributed by atoms with van der Waals surface area (Å²) in [7, 11) is 0. The number of aryl methyl sites for hydroxylation is 1. The van der Waals surface area contributed by atoms with Crippen LogP contribution in [0.2, 0.25) is 10.0 Å². The van der Waals surface area contributed by atoms with E-state index >= 15 is 0 Å². The lowest BCUT2D eigenvalue weighted by molar-refractivity contribution is 0.0702. The van der Waals surface area contributed by atoms with Gasteiger partial charge < -0.3 is 24.4 Å². The molecule has 0 fully saturated rings. The minimum absolute atomic E-state index is 0.0279. The summed E-state index contributed by atoms with van der Waals surface area (Å²) >= 11 is 15.6. The Labute approximate surface area is 265 Å². The molecule has 2 N–H and O–H groups in total. The Morgan fingerprint density at radius 3 is 2.53 bits per heavy atom. The molecular weight excluding hydrogens is 655 g/mol. The number of hydrogen-bond donors (Lipinski definition) is 1. The summed E-state index contributed by atoms with van der Waals surface area (Å²) in [5.74, 6) is 0.156. The summed E-state index contributed by atoms with van der Waals surface area (Å²) in [4.78, 5) is 13.0. The molecule has 1 aliphatic rings. The van der Waals surface area contributed by atoms with Crippen molar-refractivity contribution in [3.63, 3.8) is 0 Å². The van der Waals surface area contributed by atoms with E-state index in [0.717, 1.165) is 21.0 Å². The topological polar surface area (TPSA) is 108 Å². The fourth-order valence-electron chi connectivity index (χ4n) is 4.95. The lowest BCUT2D eigenvalue weighted by atomic mass is 9.83. The lowest BCUT2D eigenvalue weighted by Gasteiger charge is -2.26. The predicted molar refractivity (Wildman–Crippen MR) is 167 cm³/mol. The smallest absolute Gasteiger partial charge is 0.379 e. The fourth-order valence-corrected chi connectivity index (χ4v) is 5.75. The first kappa shape index (κ1) is 28.7. The molecule has 2 heterocycles. The molecule has 1 unspecified atom stereocenters.